The lowest BCUT2D eigenvalue weighted by Crippen LogP contribution is -2.19. The monoisotopic (exact) mass is 379 g/mol. The van der Waals surface area contributed by atoms with E-state index in [-0.39, 0.29) is 11.6 Å². The van der Waals surface area contributed by atoms with Crippen LogP contribution < -0.4 is 10.9 Å². The molecule has 142 valence electrons. The Morgan fingerprint density at radius 3 is 2.39 bits per heavy atom. The first-order chi connectivity index (χ1) is 13.5. The number of amides is 1. The van der Waals surface area contributed by atoms with Crippen molar-refractivity contribution in [2.24, 2.45) is 0 Å². The van der Waals surface area contributed by atoms with Crippen LogP contribution in [0.15, 0.2) is 53.3 Å². The SMILES string of the molecule is CCC(=O)Nc1ccc(C(=O)COC(=O)c2n[nH]c(=O)c3ccccc23)cc1. The van der Waals surface area contributed by atoms with Crippen molar-refractivity contribution in [3.8, 4) is 0 Å². The first-order valence-electron chi connectivity index (χ1n) is 8.57. The Bertz CT molecular complexity index is 1100. The second-order valence-electron chi connectivity index (χ2n) is 5.93. The number of ketones is 1. The third kappa shape index (κ3) is 4.12. The van der Waals surface area contributed by atoms with Crippen LogP contribution in [0.25, 0.3) is 10.8 Å². The number of rotatable bonds is 6. The standard InChI is InChI=1S/C20H17N3O5/c1-2-17(25)21-13-9-7-12(8-10-13)16(24)11-28-20(27)18-14-5-3-4-6-15(14)19(26)23-22-18/h3-10H,2,11H2,1H3,(H,21,25)(H,23,26). The number of carbonyl (C=O) groups is 3. The number of Topliss-reactive ketones (excluding diaryl/α,β-unsaturated/α-hetero) is 1. The number of esters is 1. The molecule has 0 aliphatic heterocycles. The summed E-state index contributed by atoms with van der Waals surface area (Å²) in [5.41, 5.74) is 0.421. The summed E-state index contributed by atoms with van der Waals surface area (Å²) < 4.78 is 5.06. The van der Waals surface area contributed by atoms with Crippen LogP contribution in [0, 0.1) is 0 Å². The maximum Gasteiger partial charge on any atom is 0.359 e. The summed E-state index contributed by atoms with van der Waals surface area (Å²) in [7, 11) is 0. The Morgan fingerprint density at radius 1 is 1.04 bits per heavy atom. The number of hydrogen-bond donors (Lipinski definition) is 2. The lowest BCUT2D eigenvalue weighted by molar-refractivity contribution is -0.115. The fourth-order valence-electron chi connectivity index (χ4n) is 2.54. The molecule has 3 aromatic rings. The van der Waals surface area contributed by atoms with Crippen molar-refractivity contribution >= 4 is 34.1 Å². The summed E-state index contributed by atoms with van der Waals surface area (Å²) in [4.78, 5) is 47.7. The first-order valence-corrected chi connectivity index (χ1v) is 8.57. The van der Waals surface area contributed by atoms with E-state index in [1.807, 2.05) is 0 Å². The minimum Gasteiger partial charge on any atom is -0.452 e. The van der Waals surface area contributed by atoms with E-state index in [4.69, 9.17) is 4.74 Å². The van der Waals surface area contributed by atoms with E-state index in [9.17, 15) is 19.2 Å². The molecular weight excluding hydrogens is 362 g/mol. The van der Waals surface area contributed by atoms with Crippen LogP contribution in [-0.4, -0.2) is 34.5 Å². The van der Waals surface area contributed by atoms with E-state index in [2.05, 4.69) is 15.5 Å². The van der Waals surface area contributed by atoms with Gasteiger partial charge < -0.3 is 10.1 Å². The minimum atomic E-state index is -0.812. The van der Waals surface area contributed by atoms with Crippen molar-refractivity contribution in [1.29, 1.82) is 0 Å². The van der Waals surface area contributed by atoms with Crippen molar-refractivity contribution in [3.63, 3.8) is 0 Å². The van der Waals surface area contributed by atoms with Crippen LogP contribution in [0.2, 0.25) is 0 Å². The van der Waals surface area contributed by atoms with Gasteiger partial charge in [0.15, 0.2) is 18.1 Å². The highest BCUT2D eigenvalue weighted by Gasteiger charge is 2.17. The highest BCUT2D eigenvalue weighted by Crippen LogP contribution is 2.14. The van der Waals surface area contributed by atoms with Gasteiger partial charge in [-0.05, 0) is 30.3 Å². The molecule has 0 saturated heterocycles. The zero-order valence-electron chi connectivity index (χ0n) is 15.0. The van der Waals surface area contributed by atoms with Gasteiger partial charge in [-0.1, -0.05) is 25.1 Å². The molecule has 8 nitrogen and oxygen atoms in total. The maximum absolute atomic E-state index is 12.3. The molecule has 1 aromatic heterocycles. The van der Waals surface area contributed by atoms with Crippen molar-refractivity contribution in [2.75, 3.05) is 11.9 Å². The van der Waals surface area contributed by atoms with Crippen LogP contribution in [0.4, 0.5) is 5.69 Å². The number of aromatic amines is 1. The number of hydrogen-bond acceptors (Lipinski definition) is 6. The van der Waals surface area contributed by atoms with Gasteiger partial charge in [0, 0.05) is 23.1 Å². The third-order valence-electron chi connectivity index (χ3n) is 4.04. The lowest BCUT2D eigenvalue weighted by atomic mass is 10.1. The number of aromatic nitrogens is 2. The summed E-state index contributed by atoms with van der Waals surface area (Å²) in [6.45, 7) is 1.26. The number of nitrogens with one attached hydrogen (secondary N) is 2. The third-order valence-corrected chi connectivity index (χ3v) is 4.04. The van der Waals surface area contributed by atoms with Gasteiger partial charge in [-0.25, -0.2) is 9.89 Å². The van der Waals surface area contributed by atoms with Crippen molar-refractivity contribution in [2.45, 2.75) is 13.3 Å². The highest BCUT2D eigenvalue weighted by molar-refractivity contribution is 6.04. The van der Waals surface area contributed by atoms with Gasteiger partial charge >= 0.3 is 5.97 Å². The number of anilines is 1. The van der Waals surface area contributed by atoms with E-state index < -0.39 is 23.9 Å². The van der Waals surface area contributed by atoms with E-state index in [0.717, 1.165) is 0 Å². The molecule has 0 spiro atoms. The number of carbonyl (C=O) groups excluding carboxylic acids is 3. The second kappa shape index (κ2) is 8.26. The molecule has 0 fully saturated rings. The largest absolute Gasteiger partial charge is 0.452 e. The summed E-state index contributed by atoms with van der Waals surface area (Å²) in [5.74, 6) is -1.35. The molecule has 1 heterocycles. The molecule has 2 N–H and O–H groups in total. The van der Waals surface area contributed by atoms with Gasteiger partial charge in [0.05, 0.1) is 5.39 Å². The number of H-pyrrole nitrogens is 1. The molecule has 0 unspecified atom stereocenters. The number of benzene rings is 2. The smallest absolute Gasteiger partial charge is 0.359 e. The molecule has 0 aliphatic rings. The predicted molar refractivity (Wildman–Crippen MR) is 102 cm³/mol. The van der Waals surface area contributed by atoms with Gasteiger partial charge in [-0.3, -0.25) is 14.4 Å². The highest BCUT2D eigenvalue weighted by atomic mass is 16.5. The number of fused-ring (bicyclic) bond motifs is 1. The second-order valence-corrected chi connectivity index (χ2v) is 5.93. The quantitative estimate of drug-likeness (QED) is 0.501. The Hall–Kier alpha value is -3.81. The summed E-state index contributed by atoms with van der Waals surface area (Å²) in [6.07, 6.45) is 0.351. The molecule has 8 heteroatoms. The molecule has 28 heavy (non-hydrogen) atoms. The lowest BCUT2D eigenvalue weighted by Gasteiger charge is -2.07. The van der Waals surface area contributed by atoms with Crippen LogP contribution in [-0.2, 0) is 9.53 Å². The van der Waals surface area contributed by atoms with Crippen LogP contribution in [0.3, 0.4) is 0 Å². The molecule has 0 saturated carbocycles. The predicted octanol–water partition coefficient (Wildman–Crippen LogP) is 2.31. The topological polar surface area (TPSA) is 118 Å². The van der Waals surface area contributed by atoms with Crippen LogP contribution in [0.5, 0.6) is 0 Å². The molecule has 0 radical (unpaired) electrons. The van der Waals surface area contributed by atoms with Gasteiger partial charge in [0.1, 0.15) is 0 Å². The summed E-state index contributed by atoms with van der Waals surface area (Å²) in [5, 5.41) is 9.32. The zero-order valence-corrected chi connectivity index (χ0v) is 15.0. The van der Waals surface area contributed by atoms with Crippen LogP contribution in [0.1, 0.15) is 34.2 Å². The first kappa shape index (κ1) is 19.0. The molecule has 1 amide bonds. The zero-order chi connectivity index (χ0) is 20.1. The van der Waals surface area contributed by atoms with Gasteiger partial charge in [-0.15, -0.1) is 0 Å². The van der Waals surface area contributed by atoms with E-state index in [1.54, 1.807) is 43.3 Å². The maximum atomic E-state index is 12.3. The average Bonchev–Trinajstić information content (AvgIpc) is 2.72. The normalized spacial score (nSPS) is 10.5. The fraction of sp³-hybridized carbons (Fsp3) is 0.150. The Morgan fingerprint density at radius 2 is 1.71 bits per heavy atom. The molecule has 3 rings (SSSR count). The molecule has 0 bridgehead atoms. The van der Waals surface area contributed by atoms with E-state index in [0.29, 0.717) is 28.4 Å². The molecular formula is C20H17N3O5. The summed E-state index contributed by atoms with van der Waals surface area (Å²) in [6, 6.07) is 12.8. The van der Waals surface area contributed by atoms with Gasteiger partial charge in [-0.2, -0.15) is 5.10 Å². The Balaban J connectivity index is 1.68. The Labute approximate surface area is 159 Å². The van der Waals surface area contributed by atoms with E-state index in [1.165, 1.54) is 12.1 Å². The molecule has 0 atom stereocenters. The minimum absolute atomic E-state index is 0.0689. The summed E-state index contributed by atoms with van der Waals surface area (Å²) >= 11 is 0. The fourth-order valence-corrected chi connectivity index (χ4v) is 2.54. The van der Waals surface area contributed by atoms with Gasteiger partial charge in [0.25, 0.3) is 5.56 Å². The number of ether oxygens (including phenoxy) is 1. The Kier molecular flexibility index (Phi) is 5.59. The van der Waals surface area contributed by atoms with E-state index >= 15 is 0 Å². The van der Waals surface area contributed by atoms with Crippen molar-refractivity contribution in [1.82, 2.24) is 10.2 Å². The molecule has 2 aromatic carbocycles. The molecule has 0 aliphatic carbocycles. The van der Waals surface area contributed by atoms with Crippen molar-refractivity contribution < 1.29 is 19.1 Å². The van der Waals surface area contributed by atoms with Gasteiger partial charge in [0.2, 0.25) is 5.91 Å². The average molecular weight is 379 g/mol. The number of nitrogens with zero attached hydrogens (tertiary/aromatic N) is 1. The van der Waals surface area contributed by atoms with Crippen molar-refractivity contribution in [3.05, 3.63) is 70.1 Å². The van der Waals surface area contributed by atoms with Crippen LogP contribution >= 0.6 is 0 Å².